The quantitative estimate of drug-likeness (QED) is 0.601. The molecule has 8 nitrogen and oxygen atoms in total. The summed E-state index contributed by atoms with van der Waals surface area (Å²) in [5.74, 6) is -0.838. The van der Waals surface area contributed by atoms with Gasteiger partial charge in [-0.25, -0.2) is 21.6 Å². The molecular formula is C20H22F3N3O5S2. The van der Waals surface area contributed by atoms with Crippen molar-refractivity contribution in [1.29, 1.82) is 0 Å². The first-order chi connectivity index (χ1) is 15.4. The highest BCUT2D eigenvalue weighted by molar-refractivity contribution is 7.89. The van der Waals surface area contributed by atoms with Crippen molar-refractivity contribution >= 4 is 31.6 Å². The Kier molecular flexibility index (Phi) is 7.46. The summed E-state index contributed by atoms with van der Waals surface area (Å²) in [5, 5.41) is 2.37. The van der Waals surface area contributed by atoms with Crippen LogP contribution in [0.5, 0.6) is 0 Å². The maximum atomic E-state index is 13.1. The summed E-state index contributed by atoms with van der Waals surface area (Å²) in [4.78, 5) is 11.2. The molecule has 0 spiro atoms. The second-order valence-corrected chi connectivity index (χ2v) is 11.0. The van der Waals surface area contributed by atoms with Crippen molar-refractivity contribution in [2.75, 3.05) is 25.0 Å². The molecule has 180 valence electrons. The molecule has 0 radical (unpaired) electrons. The second kappa shape index (κ2) is 9.79. The Morgan fingerprint density at radius 3 is 2.12 bits per heavy atom. The zero-order valence-corrected chi connectivity index (χ0v) is 18.9. The lowest BCUT2D eigenvalue weighted by molar-refractivity contribution is -0.139. The Morgan fingerprint density at radius 1 is 0.909 bits per heavy atom. The molecule has 13 heteroatoms. The van der Waals surface area contributed by atoms with E-state index in [1.165, 1.54) is 28.6 Å². The molecule has 33 heavy (non-hydrogen) atoms. The van der Waals surface area contributed by atoms with Crippen molar-refractivity contribution in [3.8, 4) is 0 Å². The van der Waals surface area contributed by atoms with Gasteiger partial charge in [0.15, 0.2) is 0 Å². The molecule has 1 fully saturated rings. The van der Waals surface area contributed by atoms with Gasteiger partial charge in [0.1, 0.15) is 0 Å². The second-order valence-electron chi connectivity index (χ2n) is 7.36. The van der Waals surface area contributed by atoms with Crippen LogP contribution in [0.1, 0.15) is 24.8 Å². The lowest BCUT2D eigenvalue weighted by Crippen LogP contribution is -2.35. The van der Waals surface area contributed by atoms with Crippen LogP contribution in [-0.4, -0.2) is 46.7 Å². The van der Waals surface area contributed by atoms with Crippen LogP contribution in [0.15, 0.2) is 58.3 Å². The van der Waals surface area contributed by atoms with Crippen LogP contribution in [0, 0.1) is 0 Å². The molecule has 0 aliphatic carbocycles. The van der Waals surface area contributed by atoms with E-state index >= 15 is 0 Å². The SMILES string of the molecule is O=C(CNS(=O)(=O)c1ccccc1C(F)(F)F)Nc1ccc(S(=O)(=O)N2CCCCC2)cc1. The standard InChI is InChI=1S/C20H22F3N3O5S2/c21-20(22,23)17-6-2-3-7-18(17)32(28,29)24-14-19(27)25-15-8-10-16(11-9-15)33(30,31)26-12-4-1-5-13-26/h2-3,6-11,24H,1,4-5,12-14H2,(H,25,27). The maximum Gasteiger partial charge on any atom is 0.417 e. The number of hydrogen-bond acceptors (Lipinski definition) is 5. The summed E-state index contributed by atoms with van der Waals surface area (Å²) in [5.41, 5.74) is -1.14. The highest BCUT2D eigenvalue weighted by Gasteiger charge is 2.37. The average molecular weight is 506 g/mol. The number of nitrogens with zero attached hydrogens (tertiary/aromatic N) is 1. The first-order valence-electron chi connectivity index (χ1n) is 9.97. The lowest BCUT2D eigenvalue weighted by Gasteiger charge is -2.25. The van der Waals surface area contributed by atoms with Crippen molar-refractivity contribution < 1.29 is 34.8 Å². The van der Waals surface area contributed by atoms with E-state index < -0.39 is 49.1 Å². The normalized spacial score (nSPS) is 15.8. The van der Waals surface area contributed by atoms with Gasteiger partial charge in [0, 0.05) is 18.8 Å². The smallest absolute Gasteiger partial charge is 0.325 e. The van der Waals surface area contributed by atoms with Gasteiger partial charge < -0.3 is 5.32 Å². The Bertz CT molecular complexity index is 1210. The van der Waals surface area contributed by atoms with Crippen molar-refractivity contribution in [1.82, 2.24) is 9.03 Å². The number of piperidine rings is 1. The molecule has 0 aromatic heterocycles. The topological polar surface area (TPSA) is 113 Å². The summed E-state index contributed by atoms with van der Waals surface area (Å²) in [6.45, 7) is 0.0687. The molecule has 3 rings (SSSR count). The fourth-order valence-electron chi connectivity index (χ4n) is 3.34. The van der Waals surface area contributed by atoms with Gasteiger partial charge in [-0.15, -0.1) is 0 Å². The fourth-order valence-corrected chi connectivity index (χ4v) is 6.07. The number of benzene rings is 2. The number of carbonyl (C=O) groups excluding carboxylic acids is 1. The molecule has 0 unspecified atom stereocenters. The molecule has 2 N–H and O–H groups in total. The van der Waals surface area contributed by atoms with Crippen LogP contribution in [0.25, 0.3) is 0 Å². The molecule has 1 saturated heterocycles. The third-order valence-corrected chi connectivity index (χ3v) is 8.37. The summed E-state index contributed by atoms with van der Waals surface area (Å²) >= 11 is 0. The molecule has 2 aromatic carbocycles. The minimum absolute atomic E-state index is 0.0619. The average Bonchev–Trinajstić information content (AvgIpc) is 2.78. The largest absolute Gasteiger partial charge is 0.417 e. The van der Waals surface area contributed by atoms with Crippen LogP contribution in [0.4, 0.5) is 18.9 Å². The number of alkyl halides is 3. The molecule has 1 heterocycles. The first kappa shape index (κ1) is 25.1. The third-order valence-electron chi connectivity index (χ3n) is 5.00. The number of hydrogen-bond donors (Lipinski definition) is 2. The van der Waals surface area contributed by atoms with E-state index in [0.717, 1.165) is 37.5 Å². The zero-order chi connectivity index (χ0) is 24.3. The van der Waals surface area contributed by atoms with Crippen molar-refractivity contribution in [2.24, 2.45) is 0 Å². The molecule has 1 amide bonds. The zero-order valence-electron chi connectivity index (χ0n) is 17.3. The van der Waals surface area contributed by atoms with E-state index in [1.54, 1.807) is 0 Å². The summed E-state index contributed by atoms with van der Waals surface area (Å²) in [6.07, 6.45) is -2.33. The number of nitrogens with one attached hydrogen (secondary N) is 2. The summed E-state index contributed by atoms with van der Waals surface area (Å²) < 4.78 is 92.4. The van der Waals surface area contributed by atoms with Gasteiger partial charge in [-0.05, 0) is 49.2 Å². The predicted octanol–water partition coefficient (Wildman–Crippen LogP) is 2.80. The molecular weight excluding hydrogens is 483 g/mol. The van der Waals surface area contributed by atoms with E-state index in [2.05, 4.69) is 5.32 Å². The van der Waals surface area contributed by atoms with Crippen molar-refractivity contribution in [3.05, 3.63) is 54.1 Å². The number of amides is 1. The summed E-state index contributed by atoms with van der Waals surface area (Å²) in [7, 11) is -8.26. The molecule has 0 saturated carbocycles. The molecule has 0 atom stereocenters. The van der Waals surface area contributed by atoms with E-state index in [0.29, 0.717) is 19.2 Å². The number of carbonyl (C=O) groups is 1. The predicted molar refractivity (Wildman–Crippen MR) is 114 cm³/mol. The van der Waals surface area contributed by atoms with Gasteiger partial charge in [0.05, 0.1) is 21.9 Å². The molecule has 2 aromatic rings. The molecule has 1 aliphatic heterocycles. The van der Waals surface area contributed by atoms with Crippen LogP contribution in [-0.2, 0) is 31.0 Å². The Balaban J connectivity index is 1.64. The fraction of sp³-hybridized carbons (Fsp3) is 0.350. The van der Waals surface area contributed by atoms with E-state index in [1.807, 2.05) is 4.72 Å². The van der Waals surface area contributed by atoms with E-state index in [-0.39, 0.29) is 10.6 Å². The lowest BCUT2D eigenvalue weighted by atomic mass is 10.2. The van der Waals surface area contributed by atoms with Crippen molar-refractivity contribution in [3.63, 3.8) is 0 Å². The van der Waals surface area contributed by atoms with E-state index in [4.69, 9.17) is 0 Å². The van der Waals surface area contributed by atoms with E-state index in [9.17, 15) is 34.8 Å². The minimum atomic E-state index is -4.89. The van der Waals surface area contributed by atoms with Crippen LogP contribution < -0.4 is 10.0 Å². The Hall–Kier alpha value is -2.48. The van der Waals surface area contributed by atoms with Gasteiger partial charge in [-0.3, -0.25) is 4.79 Å². The number of halogens is 3. The Labute approximate surface area is 189 Å². The monoisotopic (exact) mass is 505 g/mol. The van der Waals surface area contributed by atoms with Gasteiger partial charge >= 0.3 is 6.18 Å². The van der Waals surface area contributed by atoms with Gasteiger partial charge in [-0.2, -0.15) is 17.5 Å². The van der Waals surface area contributed by atoms with Gasteiger partial charge in [0.25, 0.3) is 0 Å². The number of sulfonamides is 2. The Morgan fingerprint density at radius 2 is 1.52 bits per heavy atom. The maximum absolute atomic E-state index is 13.1. The highest BCUT2D eigenvalue weighted by atomic mass is 32.2. The third kappa shape index (κ3) is 6.10. The first-order valence-corrected chi connectivity index (χ1v) is 12.9. The van der Waals surface area contributed by atoms with Gasteiger partial charge in [-0.1, -0.05) is 18.6 Å². The van der Waals surface area contributed by atoms with Crippen molar-refractivity contribution in [2.45, 2.75) is 35.2 Å². The highest BCUT2D eigenvalue weighted by Crippen LogP contribution is 2.33. The molecule has 0 bridgehead atoms. The summed E-state index contributed by atoms with van der Waals surface area (Å²) in [6, 6.07) is 8.97. The van der Waals surface area contributed by atoms with Gasteiger partial charge in [0.2, 0.25) is 26.0 Å². The van der Waals surface area contributed by atoms with Crippen LogP contribution in [0.2, 0.25) is 0 Å². The minimum Gasteiger partial charge on any atom is -0.325 e. The van der Waals surface area contributed by atoms with Crippen LogP contribution >= 0.6 is 0 Å². The number of anilines is 1. The number of rotatable bonds is 7. The van der Waals surface area contributed by atoms with Crippen LogP contribution in [0.3, 0.4) is 0 Å². The molecule has 1 aliphatic rings.